The molecule has 0 aliphatic heterocycles. The predicted octanol–water partition coefficient (Wildman–Crippen LogP) is 4.47. The highest BCUT2D eigenvalue weighted by molar-refractivity contribution is 7.80. The number of nitrogens with one attached hydrogen (secondary N) is 2. The fourth-order valence-electron chi connectivity index (χ4n) is 3.53. The molecule has 0 bridgehead atoms. The van der Waals surface area contributed by atoms with E-state index in [1.807, 2.05) is 6.92 Å². The van der Waals surface area contributed by atoms with Crippen molar-refractivity contribution >= 4 is 30.5 Å². The van der Waals surface area contributed by atoms with Gasteiger partial charge in [0.25, 0.3) is 0 Å². The number of carbonyl (C=O) groups excluding carboxylic acids is 3. The zero-order valence-corrected chi connectivity index (χ0v) is 22.6. The van der Waals surface area contributed by atoms with Crippen molar-refractivity contribution in [1.29, 1.82) is 0 Å². The Morgan fingerprint density at radius 3 is 2.34 bits per heavy atom. The third kappa shape index (κ3) is 10.2. The van der Waals surface area contributed by atoms with Gasteiger partial charge in [0, 0.05) is 24.4 Å². The number of thiol groups is 1. The number of hydrogen-bond donors (Lipinski definition) is 3. The molecule has 35 heavy (non-hydrogen) atoms. The van der Waals surface area contributed by atoms with Crippen LogP contribution in [0.5, 0.6) is 0 Å². The van der Waals surface area contributed by atoms with E-state index in [0.29, 0.717) is 30.6 Å². The average molecular weight is 504 g/mol. The Bertz CT molecular complexity index is 876. The van der Waals surface area contributed by atoms with Crippen LogP contribution in [0.25, 0.3) is 0 Å². The molecular formula is C27H41N3O4S. The lowest BCUT2D eigenvalue weighted by Gasteiger charge is -2.34. The third-order valence-corrected chi connectivity index (χ3v) is 5.62. The normalized spacial score (nSPS) is 12.7. The van der Waals surface area contributed by atoms with Crippen LogP contribution >= 0.6 is 12.6 Å². The maximum Gasteiger partial charge on any atom is 0.408 e. The molecule has 3 amide bonds. The molecule has 0 aliphatic carbocycles. The average Bonchev–Trinajstić information content (AvgIpc) is 2.81. The highest BCUT2D eigenvalue weighted by atomic mass is 32.1. The summed E-state index contributed by atoms with van der Waals surface area (Å²) in [4.78, 5) is 41.2. The van der Waals surface area contributed by atoms with Gasteiger partial charge in [-0.2, -0.15) is 12.6 Å². The maximum atomic E-state index is 13.8. The summed E-state index contributed by atoms with van der Waals surface area (Å²) in [5, 5.41) is 5.59. The van der Waals surface area contributed by atoms with Crippen molar-refractivity contribution in [2.75, 3.05) is 18.8 Å². The van der Waals surface area contributed by atoms with Gasteiger partial charge in [0.1, 0.15) is 17.7 Å². The molecule has 0 aliphatic rings. The van der Waals surface area contributed by atoms with Crippen LogP contribution in [-0.2, 0) is 14.3 Å². The summed E-state index contributed by atoms with van der Waals surface area (Å²) >= 11 is 4.30. The molecule has 1 rings (SSSR count). The minimum absolute atomic E-state index is 0.0440. The topological polar surface area (TPSA) is 87.7 Å². The van der Waals surface area contributed by atoms with E-state index < -0.39 is 29.7 Å². The van der Waals surface area contributed by atoms with Crippen molar-refractivity contribution < 1.29 is 19.1 Å². The fourth-order valence-corrected chi connectivity index (χ4v) is 3.78. The Morgan fingerprint density at radius 1 is 1.11 bits per heavy atom. The van der Waals surface area contributed by atoms with E-state index in [-0.39, 0.29) is 11.7 Å². The number of carbonyl (C=O) groups is 3. The summed E-state index contributed by atoms with van der Waals surface area (Å²) in [6.45, 7) is 10.2. The van der Waals surface area contributed by atoms with E-state index in [1.165, 1.54) is 4.90 Å². The molecule has 2 N–H and O–H groups in total. The summed E-state index contributed by atoms with van der Waals surface area (Å²) in [6, 6.07) is 5.21. The second-order valence-electron chi connectivity index (χ2n) is 9.40. The van der Waals surface area contributed by atoms with Crippen molar-refractivity contribution in [3.8, 4) is 12.3 Å². The summed E-state index contributed by atoms with van der Waals surface area (Å²) in [5.41, 5.74) is 0.392. The molecule has 7 nitrogen and oxygen atoms in total. The highest BCUT2D eigenvalue weighted by Gasteiger charge is 2.36. The van der Waals surface area contributed by atoms with Crippen molar-refractivity contribution in [2.24, 2.45) is 0 Å². The van der Waals surface area contributed by atoms with Gasteiger partial charge in [-0.25, -0.2) is 4.79 Å². The number of unbranched alkanes of at least 4 members (excludes halogenated alkanes) is 3. The second-order valence-corrected chi connectivity index (χ2v) is 9.76. The Kier molecular flexibility index (Phi) is 13.3. The summed E-state index contributed by atoms with van der Waals surface area (Å²) in [7, 11) is 0. The van der Waals surface area contributed by atoms with Crippen LogP contribution in [0.2, 0.25) is 0 Å². The van der Waals surface area contributed by atoms with Crippen molar-refractivity contribution in [1.82, 2.24) is 15.5 Å². The number of terminal acetylenes is 1. The van der Waals surface area contributed by atoms with Crippen LogP contribution in [0.15, 0.2) is 24.3 Å². The van der Waals surface area contributed by atoms with E-state index in [4.69, 9.17) is 11.2 Å². The number of nitrogens with zero attached hydrogens (tertiary/aromatic N) is 1. The standard InChI is InChI=1S/C27H41N3O4S/c1-7-10-14-17-28-24(31)23(21-16-13-12-15-20(21)9-3)30(18-11-8-2)25(32)22(19-35)29-26(33)34-27(4,5)6/h3,12-13,15-16,22-23,35H,7-8,10-11,14,17-19H2,1-2,4-6H3,(H,28,31)(H,29,33). The monoisotopic (exact) mass is 503 g/mol. The van der Waals surface area contributed by atoms with Gasteiger partial charge in [-0.1, -0.05) is 57.2 Å². The minimum Gasteiger partial charge on any atom is -0.444 e. The molecule has 2 atom stereocenters. The number of hydrogen-bond acceptors (Lipinski definition) is 5. The first kappa shape index (κ1) is 30.4. The molecule has 0 fully saturated rings. The molecule has 8 heteroatoms. The second kappa shape index (κ2) is 15.4. The van der Waals surface area contributed by atoms with E-state index >= 15 is 0 Å². The van der Waals surface area contributed by atoms with Gasteiger partial charge in [-0.3, -0.25) is 9.59 Å². The van der Waals surface area contributed by atoms with Gasteiger partial charge in [0.15, 0.2) is 0 Å². The summed E-state index contributed by atoms with van der Waals surface area (Å²) in [5.74, 6) is 1.96. The molecule has 0 aromatic heterocycles. The van der Waals surface area contributed by atoms with Crippen LogP contribution in [0.3, 0.4) is 0 Å². The summed E-state index contributed by atoms with van der Waals surface area (Å²) in [6.07, 6.45) is 9.38. The van der Waals surface area contributed by atoms with Gasteiger partial charge in [0.2, 0.25) is 11.8 Å². The van der Waals surface area contributed by atoms with E-state index in [1.54, 1.807) is 45.0 Å². The van der Waals surface area contributed by atoms with Crippen LogP contribution in [0.4, 0.5) is 4.79 Å². The van der Waals surface area contributed by atoms with E-state index in [2.05, 4.69) is 36.1 Å². The lowest BCUT2D eigenvalue weighted by atomic mass is 9.97. The van der Waals surface area contributed by atoms with Gasteiger partial charge in [-0.15, -0.1) is 6.42 Å². The predicted molar refractivity (Wildman–Crippen MR) is 143 cm³/mol. The smallest absolute Gasteiger partial charge is 0.408 e. The molecule has 2 unspecified atom stereocenters. The van der Waals surface area contributed by atoms with Crippen molar-refractivity contribution in [2.45, 2.75) is 84.4 Å². The van der Waals surface area contributed by atoms with Gasteiger partial charge in [-0.05, 0) is 45.2 Å². The lowest BCUT2D eigenvalue weighted by molar-refractivity contribution is -0.142. The Morgan fingerprint density at radius 2 is 1.77 bits per heavy atom. The lowest BCUT2D eigenvalue weighted by Crippen LogP contribution is -2.54. The highest BCUT2D eigenvalue weighted by Crippen LogP contribution is 2.26. The van der Waals surface area contributed by atoms with Crippen LogP contribution < -0.4 is 10.6 Å². The number of rotatable bonds is 13. The van der Waals surface area contributed by atoms with Crippen LogP contribution in [0, 0.1) is 12.3 Å². The van der Waals surface area contributed by atoms with Crippen molar-refractivity contribution in [3.63, 3.8) is 0 Å². The maximum absolute atomic E-state index is 13.8. The molecule has 194 valence electrons. The van der Waals surface area contributed by atoms with Crippen LogP contribution in [0.1, 0.15) is 83.9 Å². The first-order valence-corrected chi connectivity index (χ1v) is 13.0. The first-order chi connectivity index (χ1) is 16.6. The molecule has 1 aromatic carbocycles. The van der Waals surface area contributed by atoms with E-state index in [9.17, 15) is 14.4 Å². The van der Waals surface area contributed by atoms with Gasteiger partial charge in [0.05, 0.1) is 0 Å². The fraction of sp³-hybridized carbons (Fsp3) is 0.593. The Labute approximate surface area is 216 Å². The van der Waals surface area contributed by atoms with E-state index in [0.717, 1.165) is 25.7 Å². The molecular weight excluding hydrogens is 462 g/mol. The number of benzene rings is 1. The van der Waals surface area contributed by atoms with Crippen molar-refractivity contribution in [3.05, 3.63) is 35.4 Å². The number of ether oxygens (including phenoxy) is 1. The van der Waals surface area contributed by atoms with Crippen LogP contribution in [-0.4, -0.2) is 53.3 Å². The Balaban J connectivity index is 3.38. The molecule has 0 saturated carbocycles. The van der Waals surface area contributed by atoms with Gasteiger partial charge < -0.3 is 20.3 Å². The molecule has 0 saturated heterocycles. The number of amides is 3. The molecule has 1 aromatic rings. The minimum atomic E-state index is -0.974. The number of alkyl carbamates (subject to hydrolysis) is 1. The SMILES string of the molecule is C#Cc1ccccc1C(C(=O)NCCCCC)N(CCCC)C(=O)C(CS)NC(=O)OC(C)(C)C. The first-order valence-electron chi connectivity index (χ1n) is 12.3. The third-order valence-electron chi connectivity index (χ3n) is 5.26. The molecule has 0 radical (unpaired) electrons. The quantitative estimate of drug-likeness (QED) is 0.211. The molecule has 0 spiro atoms. The molecule has 0 heterocycles. The zero-order chi connectivity index (χ0) is 26.4. The van der Waals surface area contributed by atoms with Gasteiger partial charge >= 0.3 is 6.09 Å². The zero-order valence-electron chi connectivity index (χ0n) is 21.7. The largest absolute Gasteiger partial charge is 0.444 e. The Hall–Kier alpha value is -2.66. The summed E-state index contributed by atoms with van der Waals surface area (Å²) < 4.78 is 5.33.